The molecule has 0 aromatic heterocycles. The zero-order valence-corrected chi connectivity index (χ0v) is 19.6. The number of hydrogen-bond acceptors (Lipinski definition) is 6. The van der Waals surface area contributed by atoms with Crippen LogP contribution in [-0.2, 0) is 6.61 Å². The number of ether oxygens (including phenoxy) is 5. The maximum Gasteiger partial charge on any atom is 0.203 e. The summed E-state index contributed by atoms with van der Waals surface area (Å²) in [5.41, 5.74) is 1.83. The smallest absolute Gasteiger partial charge is 0.203 e. The van der Waals surface area contributed by atoms with Crippen LogP contribution in [0.3, 0.4) is 0 Å². The van der Waals surface area contributed by atoms with E-state index >= 15 is 0 Å². The van der Waals surface area contributed by atoms with E-state index in [1.807, 2.05) is 54.6 Å². The standard InChI is InChI=1S/C28H26O6/c1-30-21-11-13-22-19(14-21)10-12-23(27(22)34-17-18-8-6-5-7-9-18)26(29)20-15-24(31-2)28(33-4)25(16-20)32-3/h5-16H,17H2,1-4H3. The van der Waals surface area contributed by atoms with Gasteiger partial charge in [-0.05, 0) is 47.3 Å². The van der Waals surface area contributed by atoms with Crippen LogP contribution >= 0.6 is 0 Å². The van der Waals surface area contributed by atoms with Gasteiger partial charge in [-0.2, -0.15) is 0 Å². The van der Waals surface area contributed by atoms with Crippen molar-refractivity contribution in [2.75, 3.05) is 28.4 Å². The molecule has 0 amide bonds. The van der Waals surface area contributed by atoms with E-state index < -0.39 is 0 Å². The van der Waals surface area contributed by atoms with Gasteiger partial charge in [0.15, 0.2) is 17.3 Å². The van der Waals surface area contributed by atoms with Gasteiger partial charge in [0, 0.05) is 10.9 Å². The van der Waals surface area contributed by atoms with E-state index in [1.165, 1.54) is 21.3 Å². The van der Waals surface area contributed by atoms with Gasteiger partial charge >= 0.3 is 0 Å². The van der Waals surface area contributed by atoms with Crippen LogP contribution in [0, 0.1) is 0 Å². The number of rotatable bonds is 9. The molecule has 6 nitrogen and oxygen atoms in total. The molecule has 0 aliphatic heterocycles. The van der Waals surface area contributed by atoms with Gasteiger partial charge in [0.2, 0.25) is 5.75 Å². The third-order valence-corrected chi connectivity index (χ3v) is 5.58. The van der Waals surface area contributed by atoms with E-state index in [0.29, 0.717) is 40.7 Å². The lowest BCUT2D eigenvalue weighted by Gasteiger charge is -2.17. The Bertz CT molecular complexity index is 1290. The summed E-state index contributed by atoms with van der Waals surface area (Å²) in [6.07, 6.45) is 0. The zero-order valence-electron chi connectivity index (χ0n) is 19.6. The molecule has 0 spiro atoms. The third-order valence-electron chi connectivity index (χ3n) is 5.58. The van der Waals surface area contributed by atoms with Crippen molar-refractivity contribution in [2.45, 2.75) is 6.61 Å². The summed E-state index contributed by atoms with van der Waals surface area (Å²) in [4.78, 5) is 13.7. The van der Waals surface area contributed by atoms with Crippen LogP contribution in [0.1, 0.15) is 21.5 Å². The SMILES string of the molecule is COc1ccc2c(OCc3ccccc3)c(C(=O)c3cc(OC)c(OC)c(OC)c3)ccc2c1. The summed E-state index contributed by atoms with van der Waals surface area (Å²) in [5.74, 6) is 2.24. The van der Waals surface area contributed by atoms with Crippen LogP contribution < -0.4 is 23.7 Å². The number of benzene rings is 4. The molecule has 0 saturated heterocycles. The van der Waals surface area contributed by atoms with Crippen molar-refractivity contribution in [3.8, 4) is 28.7 Å². The molecule has 0 bridgehead atoms. The molecular formula is C28H26O6. The number of carbonyl (C=O) groups excluding carboxylic acids is 1. The molecule has 0 N–H and O–H groups in total. The first-order valence-electron chi connectivity index (χ1n) is 10.7. The van der Waals surface area contributed by atoms with Crippen LogP contribution in [0.15, 0.2) is 72.8 Å². The quantitative estimate of drug-likeness (QED) is 0.301. The Kier molecular flexibility index (Phi) is 6.87. The maximum atomic E-state index is 13.7. The number of methoxy groups -OCH3 is 4. The van der Waals surface area contributed by atoms with Crippen molar-refractivity contribution in [2.24, 2.45) is 0 Å². The second-order valence-electron chi connectivity index (χ2n) is 7.55. The highest BCUT2D eigenvalue weighted by molar-refractivity contribution is 6.14. The number of hydrogen-bond donors (Lipinski definition) is 0. The van der Waals surface area contributed by atoms with Crippen LogP contribution in [0.5, 0.6) is 28.7 Å². The number of ketones is 1. The largest absolute Gasteiger partial charge is 0.497 e. The van der Waals surface area contributed by atoms with Gasteiger partial charge in [-0.25, -0.2) is 0 Å². The highest BCUT2D eigenvalue weighted by atomic mass is 16.5. The molecule has 0 fully saturated rings. The predicted octanol–water partition coefficient (Wildman–Crippen LogP) is 5.68. The third kappa shape index (κ3) is 4.48. The minimum absolute atomic E-state index is 0.222. The van der Waals surface area contributed by atoms with Crippen LogP contribution in [0.4, 0.5) is 0 Å². The van der Waals surface area contributed by atoms with E-state index in [1.54, 1.807) is 25.3 Å². The molecule has 0 atom stereocenters. The molecule has 4 rings (SSSR count). The maximum absolute atomic E-state index is 13.7. The van der Waals surface area contributed by atoms with Crippen LogP contribution in [0.2, 0.25) is 0 Å². The van der Waals surface area contributed by atoms with Crippen LogP contribution in [-0.4, -0.2) is 34.2 Å². The molecule has 4 aromatic carbocycles. The first kappa shape index (κ1) is 23.0. The van der Waals surface area contributed by atoms with Gasteiger partial charge < -0.3 is 23.7 Å². The van der Waals surface area contributed by atoms with Gasteiger partial charge in [-0.1, -0.05) is 36.4 Å². The van der Waals surface area contributed by atoms with E-state index in [0.717, 1.165) is 22.1 Å². The summed E-state index contributed by atoms with van der Waals surface area (Å²) >= 11 is 0. The Labute approximate surface area is 198 Å². The second-order valence-corrected chi connectivity index (χ2v) is 7.55. The van der Waals surface area contributed by atoms with Crippen LogP contribution in [0.25, 0.3) is 10.8 Å². The summed E-state index contributed by atoms with van der Waals surface area (Å²) < 4.78 is 27.9. The van der Waals surface area contributed by atoms with Gasteiger partial charge in [0.1, 0.15) is 18.1 Å². The normalized spacial score (nSPS) is 10.6. The van der Waals surface area contributed by atoms with Gasteiger partial charge in [0.25, 0.3) is 0 Å². The topological polar surface area (TPSA) is 63.2 Å². The average Bonchev–Trinajstić information content (AvgIpc) is 2.90. The lowest BCUT2D eigenvalue weighted by Crippen LogP contribution is -2.08. The predicted molar refractivity (Wildman–Crippen MR) is 131 cm³/mol. The fourth-order valence-corrected chi connectivity index (χ4v) is 3.84. The van der Waals surface area contributed by atoms with Crippen molar-refractivity contribution >= 4 is 16.6 Å². The highest BCUT2D eigenvalue weighted by Gasteiger charge is 2.22. The minimum atomic E-state index is -0.222. The minimum Gasteiger partial charge on any atom is -0.497 e. The fourth-order valence-electron chi connectivity index (χ4n) is 3.84. The molecule has 0 unspecified atom stereocenters. The van der Waals surface area contributed by atoms with Crippen molar-refractivity contribution in [3.63, 3.8) is 0 Å². The molecule has 6 heteroatoms. The number of fused-ring (bicyclic) bond motifs is 1. The zero-order chi connectivity index (χ0) is 24.1. The second kappa shape index (κ2) is 10.2. The lowest BCUT2D eigenvalue weighted by molar-refractivity contribution is 0.103. The van der Waals surface area contributed by atoms with Crippen molar-refractivity contribution < 1.29 is 28.5 Å². The Hall–Kier alpha value is -4.19. The first-order chi connectivity index (χ1) is 16.6. The van der Waals surface area contributed by atoms with Crippen molar-refractivity contribution in [3.05, 3.63) is 89.5 Å². The van der Waals surface area contributed by atoms with E-state index in [2.05, 4.69) is 0 Å². The van der Waals surface area contributed by atoms with Gasteiger partial charge in [-0.15, -0.1) is 0 Å². The monoisotopic (exact) mass is 458 g/mol. The van der Waals surface area contributed by atoms with Gasteiger partial charge in [0.05, 0.1) is 34.0 Å². The van der Waals surface area contributed by atoms with E-state index in [-0.39, 0.29) is 5.78 Å². The molecule has 0 aliphatic rings. The molecule has 0 heterocycles. The Morgan fingerprint density at radius 2 is 1.41 bits per heavy atom. The summed E-state index contributed by atoms with van der Waals surface area (Å²) in [5, 5.41) is 1.72. The molecule has 4 aromatic rings. The first-order valence-corrected chi connectivity index (χ1v) is 10.7. The van der Waals surface area contributed by atoms with Gasteiger partial charge in [-0.3, -0.25) is 4.79 Å². The average molecular weight is 459 g/mol. The summed E-state index contributed by atoms with van der Waals surface area (Å²) in [6, 6.07) is 22.4. The molecule has 0 radical (unpaired) electrons. The van der Waals surface area contributed by atoms with Crippen molar-refractivity contribution in [1.82, 2.24) is 0 Å². The lowest BCUT2D eigenvalue weighted by atomic mass is 9.97. The Morgan fingerprint density at radius 1 is 0.706 bits per heavy atom. The Balaban J connectivity index is 1.83. The molecule has 34 heavy (non-hydrogen) atoms. The summed E-state index contributed by atoms with van der Waals surface area (Å²) in [6.45, 7) is 0.321. The highest BCUT2D eigenvalue weighted by Crippen LogP contribution is 2.40. The Morgan fingerprint density at radius 3 is 2.03 bits per heavy atom. The molecule has 174 valence electrons. The fraction of sp³-hybridized carbons (Fsp3) is 0.179. The summed E-state index contributed by atoms with van der Waals surface area (Å²) in [7, 11) is 6.18. The van der Waals surface area contributed by atoms with Crippen molar-refractivity contribution in [1.29, 1.82) is 0 Å². The van der Waals surface area contributed by atoms with E-state index in [4.69, 9.17) is 23.7 Å². The van der Waals surface area contributed by atoms with E-state index in [9.17, 15) is 4.79 Å². The molecule has 0 aliphatic carbocycles. The molecular weight excluding hydrogens is 432 g/mol. The number of carbonyl (C=O) groups is 1. The molecule has 0 saturated carbocycles.